The molecule has 1 N–H and O–H groups in total. The number of benzene rings is 1. The van der Waals surface area contributed by atoms with E-state index in [-0.39, 0.29) is 0 Å². The third-order valence-electron chi connectivity index (χ3n) is 3.44. The summed E-state index contributed by atoms with van der Waals surface area (Å²) in [6.45, 7) is 5.07. The molecule has 108 valence electrons. The summed E-state index contributed by atoms with van der Waals surface area (Å²) in [5, 5.41) is 8.94. The average Bonchev–Trinajstić information content (AvgIpc) is 2.93. The van der Waals surface area contributed by atoms with E-state index >= 15 is 0 Å². The number of nitrogens with one attached hydrogen (secondary N) is 1. The molecule has 0 spiro atoms. The summed E-state index contributed by atoms with van der Waals surface area (Å²) in [5.74, 6) is 1.77. The lowest BCUT2D eigenvalue weighted by molar-refractivity contribution is 0.816. The number of fused-ring (bicyclic) bond motifs is 1. The highest BCUT2D eigenvalue weighted by molar-refractivity contribution is 5.80. The normalized spacial score (nSPS) is 11.0. The van der Waals surface area contributed by atoms with E-state index in [1.165, 1.54) is 0 Å². The predicted molar refractivity (Wildman–Crippen MR) is 84.8 cm³/mol. The van der Waals surface area contributed by atoms with Crippen molar-refractivity contribution in [2.24, 2.45) is 0 Å². The van der Waals surface area contributed by atoms with Gasteiger partial charge in [0.25, 0.3) is 0 Å². The van der Waals surface area contributed by atoms with Gasteiger partial charge in [-0.05, 0) is 19.4 Å². The van der Waals surface area contributed by atoms with E-state index in [2.05, 4.69) is 46.4 Å². The average molecular weight is 281 g/mol. The predicted octanol–water partition coefficient (Wildman–Crippen LogP) is 3.20. The first-order chi connectivity index (χ1) is 10.3. The van der Waals surface area contributed by atoms with Crippen LogP contribution in [0.15, 0.2) is 36.8 Å². The van der Waals surface area contributed by atoms with Gasteiger partial charge in [-0.3, -0.25) is 0 Å². The maximum Gasteiger partial charge on any atom is 0.162 e. The quantitative estimate of drug-likeness (QED) is 0.780. The minimum Gasteiger partial charge on any atom is -0.370 e. The van der Waals surface area contributed by atoms with E-state index in [0.717, 1.165) is 47.5 Å². The van der Waals surface area contributed by atoms with Gasteiger partial charge in [0, 0.05) is 17.5 Å². The van der Waals surface area contributed by atoms with Crippen molar-refractivity contribution < 1.29 is 0 Å². The zero-order valence-electron chi connectivity index (χ0n) is 12.4. The van der Waals surface area contributed by atoms with Crippen molar-refractivity contribution >= 4 is 16.7 Å². The number of hydrogen-bond donors (Lipinski definition) is 1. The zero-order valence-corrected chi connectivity index (χ0v) is 12.4. The molecule has 0 amide bonds. The number of aromatic nitrogens is 4. The molecule has 0 bridgehead atoms. The standard InChI is InChI=1S/C16H19N5/c1-3-7-13-15(17-4-2)18-11-19-16(13)21-14-9-6-5-8-12(14)10-20-21/h5-6,8-11H,3-4,7H2,1-2H3,(H,17,18,19). The Morgan fingerprint density at radius 1 is 1.14 bits per heavy atom. The monoisotopic (exact) mass is 281 g/mol. The van der Waals surface area contributed by atoms with Crippen LogP contribution in [0.3, 0.4) is 0 Å². The molecule has 0 aliphatic heterocycles. The van der Waals surface area contributed by atoms with E-state index in [0.29, 0.717) is 0 Å². The van der Waals surface area contributed by atoms with Crippen LogP contribution in [0.25, 0.3) is 16.7 Å². The molecule has 5 nitrogen and oxygen atoms in total. The fraction of sp³-hybridized carbons (Fsp3) is 0.312. The molecule has 0 aliphatic carbocycles. The topological polar surface area (TPSA) is 55.6 Å². The summed E-state index contributed by atoms with van der Waals surface area (Å²) >= 11 is 0. The van der Waals surface area contributed by atoms with Crippen molar-refractivity contribution in [1.29, 1.82) is 0 Å². The molecule has 0 aliphatic rings. The van der Waals surface area contributed by atoms with Gasteiger partial charge >= 0.3 is 0 Å². The molecular formula is C16H19N5. The van der Waals surface area contributed by atoms with Gasteiger partial charge < -0.3 is 5.32 Å². The smallest absolute Gasteiger partial charge is 0.162 e. The van der Waals surface area contributed by atoms with E-state index in [9.17, 15) is 0 Å². The molecule has 5 heteroatoms. The third kappa shape index (κ3) is 2.46. The Balaban J connectivity index is 2.19. The van der Waals surface area contributed by atoms with Crippen molar-refractivity contribution in [2.45, 2.75) is 26.7 Å². The second kappa shape index (κ2) is 5.91. The maximum absolute atomic E-state index is 4.51. The Morgan fingerprint density at radius 2 is 2.00 bits per heavy atom. The molecule has 3 rings (SSSR count). The van der Waals surface area contributed by atoms with Crippen molar-refractivity contribution in [1.82, 2.24) is 19.7 Å². The molecule has 1 aromatic carbocycles. The fourth-order valence-electron chi connectivity index (χ4n) is 2.53. The Kier molecular flexibility index (Phi) is 3.81. The summed E-state index contributed by atoms with van der Waals surface area (Å²) < 4.78 is 1.91. The van der Waals surface area contributed by atoms with Gasteiger partial charge in [0.05, 0.1) is 11.7 Å². The van der Waals surface area contributed by atoms with Gasteiger partial charge in [0.15, 0.2) is 5.82 Å². The zero-order chi connectivity index (χ0) is 14.7. The second-order valence-corrected chi connectivity index (χ2v) is 4.92. The minimum absolute atomic E-state index is 0.840. The molecule has 3 aromatic rings. The number of rotatable bonds is 5. The molecular weight excluding hydrogens is 262 g/mol. The highest BCUT2D eigenvalue weighted by atomic mass is 15.3. The maximum atomic E-state index is 4.51. The van der Waals surface area contributed by atoms with Crippen molar-refractivity contribution in [2.75, 3.05) is 11.9 Å². The van der Waals surface area contributed by atoms with Crippen LogP contribution in [0.1, 0.15) is 25.8 Å². The van der Waals surface area contributed by atoms with Crippen LogP contribution in [0, 0.1) is 0 Å². The molecule has 0 saturated carbocycles. The lowest BCUT2D eigenvalue weighted by Gasteiger charge is -2.13. The van der Waals surface area contributed by atoms with Crippen LogP contribution in [0.2, 0.25) is 0 Å². The number of nitrogens with zero attached hydrogens (tertiary/aromatic N) is 4. The summed E-state index contributed by atoms with van der Waals surface area (Å²) in [5.41, 5.74) is 2.19. The van der Waals surface area contributed by atoms with Gasteiger partial charge in [-0.1, -0.05) is 31.5 Å². The van der Waals surface area contributed by atoms with Gasteiger partial charge in [0.2, 0.25) is 0 Å². The Hall–Kier alpha value is -2.43. The van der Waals surface area contributed by atoms with Gasteiger partial charge in [-0.2, -0.15) is 5.10 Å². The fourth-order valence-corrected chi connectivity index (χ4v) is 2.53. The molecule has 0 radical (unpaired) electrons. The Labute approximate surface area is 124 Å². The van der Waals surface area contributed by atoms with Crippen LogP contribution < -0.4 is 5.32 Å². The summed E-state index contributed by atoms with van der Waals surface area (Å²) in [7, 11) is 0. The van der Waals surface area contributed by atoms with Crippen molar-refractivity contribution in [3.63, 3.8) is 0 Å². The van der Waals surface area contributed by atoms with Gasteiger partial charge in [0.1, 0.15) is 12.1 Å². The number of anilines is 1. The highest BCUT2D eigenvalue weighted by Gasteiger charge is 2.14. The summed E-state index contributed by atoms with van der Waals surface area (Å²) in [6, 6.07) is 8.16. The lowest BCUT2D eigenvalue weighted by Crippen LogP contribution is -2.10. The van der Waals surface area contributed by atoms with E-state index < -0.39 is 0 Å². The van der Waals surface area contributed by atoms with Gasteiger partial charge in [-0.15, -0.1) is 0 Å². The SMILES string of the molecule is CCCc1c(NCC)ncnc1-n1ncc2ccccc21. The molecule has 21 heavy (non-hydrogen) atoms. The minimum atomic E-state index is 0.840. The molecule has 2 heterocycles. The van der Waals surface area contributed by atoms with Crippen LogP contribution in [-0.2, 0) is 6.42 Å². The van der Waals surface area contributed by atoms with Crippen molar-refractivity contribution in [3.8, 4) is 5.82 Å². The summed E-state index contributed by atoms with van der Waals surface area (Å²) in [6.07, 6.45) is 5.44. The second-order valence-electron chi connectivity index (χ2n) is 4.92. The van der Waals surface area contributed by atoms with Crippen LogP contribution in [0.4, 0.5) is 5.82 Å². The van der Waals surface area contributed by atoms with Crippen LogP contribution in [-0.4, -0.2) is 26.3 Å². The Bertz CT molecular complexity index is 747. The van der Waals surface area contributed by atoms with Crippen molar-refractivity contribution in [3.05, 3.63) is 42.4 Å². The summed E-state index contributed by atoms with van der Waals surface area (Å²) in [4.78, 5) is 8.86. The van der Waals surface area contributed by atoms with E-state index in [1.54, 1.807) is 6.33 Å². The van der Waals surface area contributed by atoms with Gasteiger partial charge in [-0.25, -0.2) is 14.6 Å². The Morgan fingerprint density at radius 3 is 2.81 bits per heavy atom. The lowest BCUT2D eigenvalue weighted by atomic mass is 10.1. The molecule has 0 atom stereocenters. The molecule has 0 fully saturated rings. The van der Waals surface area contributed by atoms with E-state index in [1.807, 2.05) is 23.0 Å². The molecule has 0 unspecified atom stereocenters. The number of hydrogen-bond acceptors (Lipinski definition) is 4. The largest absolute Gasteiger partial charge is 0.370 e. The highest BCUT2D eigenvalue weighted by Crippen LogP contribution is 2.24. The van der Waals surface area contributed by atoms with Crippen LogP contribution >= 0.6 is 0 Å². The molecule has 2 aromatic heterocycles. The molecule has 0 saturated heterocycles. The first-order valence-electron chi connectivity index (χ1n) is 7.36. The number of para-hydroxylation sites is 1. The first kappa shape index (κ1) is 13.5. The van der Waals surface area contributed by atoms with E-state index in [4.69, 9.17) is 0 Å². The third-order valence-corrected chi connectivity index (χ3v) is 3.44. The van der Waals surface area contributed by atoms with Crippen LogP contribution in [0.5, 0.6) is 0 Å². The first-order valence-corrected chi connectivity index (χ1v) is 7.36.